The zero-order chi connectivity index (χ0) is 19.2. The third-order valence-electron chi connectivity index (χ3n) is 4.54. The summed E-state index contributed by atoms with van der Waals surface area (Å²) in [5.74, 6) is -0.136. The molecule has 0 unspecified atom stereocenters. The fourth-order valence-electron chi connectivity index (χ4n) is 3.18. The number of hydrogen-bond acceptors (Lipinski definition) is 4. The first-order chi connectivity index (χ1) is 12.8. The molecule has 0 saturated heterocycles. The van der Waals surface area contributed by atoms with Crippen molar-refractivity contribution < 1.29 is 13.2 Å². The second-order valence-electron chi connectivity index (χ2n) is 6.44. The number of amides is 1. The first-order valence-corrected chi connectivity index (χ1v) is 9.91. The van der Waals surface area contributed by atoms with Crippen LogP contribution in [0.3, 0.4) is 0 Å². The first kappa shape index (κ1) is 17.3. The van der Waals surface area contributed by atoms with Gasteiger partial charge in [0.25, 0.3) is 10.0 Å². The van der Waals surface area contributed by atoms with Crippen LogP contribution >= 0.6 is 0 Å². The zero-order valence-electron chi connectivity index (χ0n) is 14.9. The molecule has 1 aliphatic rings. The minimum atomic E-state index is -3.81. The van der Waals surface area contributed by atoms with Crippen molar-refractivity contribution in [2.75, 3.05) is 10.0 Å². The molecule has 0 radical (unpaired) electrons. The van der Waals surface area contributed by atoms with Crippen LogP contribution in [0.25, 0.3) is 5.69 Å². The Bertz CT molecular complexity index is 1150. The van der Waals surface area contributed by atoms with Gasteiger partial charge in [0.05, 0.1) is 34.1 Å². The highest BCUT2D eigenvalue weighted by atomic mass is 32.2. The largest absolute Gasteiger partial charge is 0.326 e. The Labute approximate surface area is 157 Å². The van der Waals surface area contributed by atoms with E-state index in [1.165, 1.54) is 12.1 Å². The van der Waals surface area contributed by atoms with Crippen molar-refractivity contribution >= 4 is 27.3 Å². The van der Waals surface area contributed by atoms with E-state index >= 15 is 0 Å². The average Bonchev–Trinajstić information content (AvgIpc) is 3.15. The van der Waals surface area contributed by atoms with Crippen molar-refractivity contribution in [1.82, 2.24) is 9.78 Å². The van der Waals surface area contributed by atoms with Gasteiger partial charge in [-0.3, -0.25) is 9.52 Å². The van der Waals surface area contributed by atoms with E-state index in [9.17, 15) is 13.2 Å². The van der Waals surface area contributed by atoms with Crippen molar-refractivity contribution in [3.8, 4) is 5.69 Å². The van der Waals surface area contributed by atoms with Gasteiger partial charge in [-0.1, -0.05) is 18.2 Å². The van der Waals surface area contributed by atoms with Crippen molar-refractivity contribution in [2.24, 2.45) is 0 Å². The Morgan fingerprint density at radius 1 is 1.11 bits per heavy atom. The molecule has 4 rings (SSSR count). The molecule has 1 amide bonds. The number of sulfonamides is 1. The monoisotopic (exact) mass is 382 g/mol. The molecule has 8 heteroatoms. The minimum absolute atomic E-state index is 0.115. The lowest BCUT2D eigenvalue weighted by Crippen LogP contribution is -2.14. The van der Waals surface area contributed by atoms with Gasteiger partial charge < -0.3 is 5.32 Å². The summed E-state index contributed by atoms with van der Waals surface area (Å²) in [7, 11) is -3.81. The number of anilines is 2. The zero-order valence-corrected chi connectivity index (χ0v) is 15.7. The number of nitrogens with zero attached hydrogens (tertiary/aromatic N) is 2. The van der Waals surface area contributed by atoms with Crippen LogP contribution in [-0.4, -0.2) is 24.1 Å². The molecular weight excluding hydrogens is 364 g/mol. The molecule has 2 aromatic carbocycles. The summed E-state index contributed by atoms with van der Waals surface area (Å²) in [5, 5.41) is 7.16. The average molecular weight is 382 g/mol. The lowest BCUT2D eigenvalue weighted by Gasteiger charge is -2.10. The molecule has 0 bridgehead atoms. The van der Waals surface area contributed by atoms with Gasteiger partial charge in [-0.15, -0.1) is 0 Å². The molecule has 0 spiro atoms. The number of fused-ring (bicyclic) bond motifs is 1. The van der Waals surface area contributed by atoms with E-state index < -0.39 is 10.0 Å². The molecule has 0 fully saturated rings. The van der Waals surface area contributed by atoms with Crippen LogP contribution in [-0.2, 0) is 21.2 Å². The van der Waals surface area contributed by atoms with Gasteiger partial charge in [0.15, 0.2) is 0 Å². The summed E-state index contributed by atoms with van der Waals surface area (Å²) < 4.78 is 30.1. The van der Waals surface area contributed by atoms with Gasteiger partial charge in [-0.05, 0) is 49.7 Å². The number of aromatic nitrogens is 2. The van der Waals surface area contributed by atoms with E-state index in [0.717, 1.165) is 5.69 Å². The fraction of sp³-hybridized carbons (Fsp3) is 0.158. The van der Waals surface area contributed by atoms with Crippen molar-refractivity contribution in [3.63, 3.8) is 0 Å². The number of carbonyl (C=O) groups is 1. The number of rotatable bonds is 4. The molecule has 2 N–H and O–H groups in total. The summed E-state index contributed by atoms with van der Waals surface area (Å²) in [6, 6.07) is 14.1. The second-order valence-corrected chi connectivity index (χ2v) is 8.12. The van der Waals surface area contributed by atoms with E-state index in [4.69, 9.17) is 0 Å². The van der Waals surface area contributed by atoms with Crippen LogP contribution in [0.4, 0.5) is 11.4 Å². The van der Waals surface area contributed by atoms with Crippen LogP contribution in [0.5, 0.6) is 0 Å². The predicted octanol–water partition coefficient (Wildman–Crippen LogP) is 2.78. The Balaban J connectivity index is 1.69. The van der Waals surface area contributed by atoms with Gasteiger partial charge >= 0.3 is 0 Å². The third kappa shape index (κ3) is 3.08. The number of para-hydroxylation sites is 1. The molecular formula is C19H18N4O3S. The van der Waals surface area contributed by atoms with Crippen molar-refractivity contribution in [1.29, 1.82) is 0 Å². The SMILES string of the molecule is Cc1nn(-c2ccccc2)c(C)c1NS(=O)(=O)c1ccc2c(c1)CC(=O)N2. The fourth-order valence-corrected chi connectivity index (χ4v) is 4.40. The normalized spacial score (nSPS) is 13.3. The number of benzene rings is 2. The lowest BCUT2D eigenvalue weighted by molar-refractivity contribution is -0.115. The van der Waals surface area contributed by atoms with Crippen molar-refractivity contribution in [2.45, 2.75) is 25.2 Å². The highest BCUT2D eigenvalue weighted by Crippen LogP contribution is 2.29. The van der Waals surface area contributed by atoms with Crippen LogP contribution in [0.15, 0.2) is 53.4 Å². The Morgan fingerprint density at radius 3 is 2.59 bits per heavy atom. The summed E-state index contributed by atoms with van der Waals surface area (Å²) in [6.45, 7) is 3.58. The molecule has 0 aliphatic carbocycles. The van der Waals surface area contributed by atoms with E-state index in [0.29, 0.717) is 28.3 Å². The van der Waals surface area contributed by atoms with Crippen molar-refractivity contribution in [3.05, 3.63) is 65.5 Å². The van der Waals surface area contributed by atoms with E-state index in [1.807, 2.05) is 37.3 Å². The minimum Gasteiger partial charge on any atom is -0.326 e. The number of hydrogen-bond donors (Lipinski definition) is 2. The Hall–Kier alpha value is -3.13. The summed E-state index contributed by atoms with van der Waals surface area (Å²) >= 11 is 0. The van der Waals surface area contributed by atoms with E-state index in [2.05, 4.69) is 15.1 Å². The maximum atomic E-state index is 12.9. The second kappa shape index (κ2) is 6.24. The van der Waals surface area contributed by atoms with E-state index in [1.54, 1.807) is 17.7 Å². The van der Waals surface area contributed by atoms with Gasteiger partial charge in [-0.25, -0.2) is 13.1 Å². The van der Waals surface area contributed by atoms with Crippen LogP contribution in [0, 0.1) is 13.8 Å². The Morgan fingerprint density at radius 2 is 1.85 bits per heavy atom. The van der Waals surface area contributed by atoms with Crippen LogP contribution in [0.1, 0.15) is 17.0 Å². The van der Waals surface area contributed by atoms with Crippen LogP contribution < -0.4 is 10.0 Å². The molecule has 3 aromatic rings. The van der Waals surface area contributed by atoms with Gasteiger partial charge in [0.1, 0.15) is 0 Å². The molecule has 27 heavy (non-hydrogen) atoms. The molecule has 1 aliphatic heterocycles. The van der Waals surface area contributed by atoms with Gasteiger partial charge in [-0.2, -0.15) is 5.10 Å². The molecule has 7 nitrogen and oxygen atoms in total. The maximum absolute atomic E-state index is 12.9. The highest BCUT2D eigenvalue weighted by Gasteiger charge is 2.24. The quantitative estimate of drug-likeness (QED) is 0.726. The highest BCUT2D eigenvalue weighted by molar-refractivity contribution is 7.92. The first-order valence-electron chi connectivity index (χ1n) is 8.42. The van der Waals surface area contributed by atoms with Gasteiger partial charge in [0, 0.05) is 5.69 Å². The molecule has 2 heterocycles. The summed E-state index contributed by atoms with van der Waals surface area (Å²) in [4.78, 5) is 11.6. The standard InChI is InChI=1S/C19H18N4O3S/c1-12-19(13(2)23(21-12)15-6-4-3-5-7-15)22-27(25,26)16-8-9-17-14(10-16)11-18(24)20-17/h3-10,22H,11H2,1-2H3,(H,20,24). The number of aryl methyl sites for hydroxylation is 1. The molecule has 0 saturated carbocycles. The van der Waals surface area contributed by atoms with Gasteiger partial charge in [0.2, 0.25) is 5.91 Å². The van der Waals surface area contributed by atoms with Crippen LogP contribution in [0.2, 0.25) is 0 Å². The van der Waals surface area contributed by atoms with E-state index in [-0.39, 0.29) is 17.2 Å². The summed E-state index contributed by atoms with van der Waals surface area (Å²) in [6.07, 6.45) is 0.183. The molecule has 0 atom stereocenters. The lowest BCUT2D eigenvalue weighted by atomic mass is 10.2. The predicted molar refractivity (Wildman–Crippen MR) is 103 cm³/mol. The number of nitrogens with one attached hydrogen (secondary N) is 2. The molecule has 138 valence electrons. The number of carbonyl (C=O) groups excluding carboxylic acids is 1. The topological polar surface area (TPSA) is 93.1 Å². The maximum Gasteiger partial charge on any atom is 0.262 e. The molecule has 1 aromatic heterocycles. The third-order valence-corrected chi connectivity index (χ3v) is 5.89. The smallest absolute Gasteiger partial charge is 0.262 e. The Kier molecular flexibility index (Phi) is 4.00. The summed E-state index contributed by atoms with van der Waals surface area (Å²) in [5.41, 5.74) is 3.91.